The Bertz CT molecular complexity index is 428. The molecule has 1 saturated carbocycles. The van der Waals surface area contributed by atoms with Crippen LogP contribution in [0.15, 0.2) is 6.07 Å². The van der Waals surface area contributed by atoms with Crippen molar-refractivity contribution in [2.24, 2.45) is 11.8 Å². The summed E-state index contributed by atoms with van der Waals surface area (Å²) < 4.78 is 0. The van der Waals surface area contributed by atoms with Crippen LogP contribution in [0, 0.1) is 11.8 Å². The van der Waals surface area contributed by atoms with Gasteiger partial charge in [0.1, 0.15) is 11.0 Å². The number of aromatic nitrogens is 1. The highest BCUT2D eigenvalue weighted by Crippen LogP contribution is 2.33. The molecule has 2 atom stereocenters. The first-order valence-corrected chi connectivity index (χ1v) is 7.11. The summed E-state index contributed by atoms with van der Waals surface area (Å²) in [5.74, 6) is 1.39. The number of rotatable bonds is 4. The van der Waals surface area contributed by atoms with E-state index in [9.17, 15) is 5.11 Å². The van der Waals surface area contributed by atoms with Gasteiger partial charge in [0.2, 0.25) is 0 Å². The summed E-state index contributed by atoms with van der Waals surface area (Å²) in [6.45, 7) is 0.991. The minimum atomic E-state index is 0.244. The smallest absolute Gasteiger partial charge is 0.150 e. The van der Waals surface area contributed by atoms with Crippen molar-refractivity contribution in [1.29, 1.82) is 0 Å². The number of nitrogens with zero attached hydrogens (tertiary/aromatic N) is 1. The summed E-state index contributed by atoms with van der Waals surface area (Å²) in [4.78, 5) is 4.11. The van der Waals surface area contributed by atoms with E-state index in [1.54, 1.807) is 6.07 Å². The van der Waals surface area contributed by atoms with Crippen molar-refractivity contribution in [3.63, 3.8) is 0 Å². The third-order valence-electron chi connectivity index (χ3n) is 3.47. The van der Waals surface area contributed by atoms with Gasteiger partial charge in [0.15, 0.2) is 0 Å². The van der Waals surface area contributed by atoms with E-state index < -0.39 is 0 Å². The molecule has 0 saturated heterocycles. The summed E-state index contributed by atoms with van der Waals surface area (Å²) in [6, 6.07) is 1.58. The van der Waals surface area contributed by atoms with Gasteiger partial charge in [-0.1, -0.05) is 41.2 Å². The summed E-state index contributed by atoms with van der Waals surface area (Å²) in [5.41, 5.74) is 0. The monoisotopic (exact) mass is 308 g/mol. The maximum absolute atomic E-state index is 9.26. The van der Waals surface area contributed by atoms with Gasteiger partial charge in [-0.25, -0.2) is 4.98 Å². The minimum absolute atomic E-state index is 0.244. The molecule has 6 heteroatoms. The molecule has 2 N–H and O–H groups in total. The third kappa shape index (κ3) is 3.21. The van der Waals surface area contributed by atoms with Crippen LogP contribution < -0.4 is 5.32 Å². The molecule has 0 radical (unpaired) electrons. The van der Waals surface area contributed by atoms with Crippen LogP contribution in [0.5, 0.6) is 0 Å². The van der Waals surface area contributed by atoms with Crippen molar-refractivity contribution in [3.05, 3.63) is 21.3 Å². The van der Waals surface area contributed by atoms with E-state index in [1.165, 1.54) is 6.42 Å². The Kier molecular flexibility index (Phi) is 4.96. The number of hydrogen-bond acceptors (Lipinski definition) is 3. The number of anilines is 1. The van der Waals surface area contributed by atoms with Crippen LogP contribution in [0.25, 0.3) is 0 Å². The molecule has 100 valence electrons. The zero-order valence-electron chi connectivity index (χ0n) is 9.80. The standard InChI is InChI=1S/C12H15Cl3N2O/c13-9-4-10(14)12(17-11(9)15)16-5-7-2-1-3-8(7)6-18/h4,7-8,18H,1-3,5-6H2,(H,16,17). The second-order valence-electron chi connectivity index (χ2n) is 4.61. The fourth-order valence-corrected chi connectivity index (χ4v) is 2.98. The molecule has 1 fully saturated rings. The van der Waals surface area contributed by atoms with E-state index in [2.05, 4.69) is 10.3 Å². The number of pyridine rings is 1. The number of aliphatic hydroxyl groups excluding tert-OH is 1. The summed E-state index contributed by atoms with van der Waals surface area (Å²) in [7, 11) is 0. The SMILES string of the molecule is OCC1CCCC1CNc1nc(Cl)c(Cl)cc1Cl. The molecule has 1 aliphatic rings. The zero-order valence-corrected chi connectivity index (χ0v) is 12.1. The van der Waals surface area contributed by atoms with Crippen LogP contribution in [-0.4, -0.2) is 23.2 Å². The Balaban J connectivity index is 2.00. The Morgan fingerprint density at radius 1 is 1.22 bits per heavy atom. The molecule has 0 bridgehead atoms. The Morgan fingerprint density at radius 2 is 1.94 bits per heavy atom. The quantitative estimate of drug-likeness (QED) is 0.830. The minimum Gasteiger partial charge on any atom is -0.396 e. The first-order chi connectivity index (χ1) is 8.61. The summed E-state index contributed by atoms with van der Waals surface area (Å²) >= 11 is 17.7. The molecule has 2 unspecified atom stereocenters. The van der Waals surface area contributed by atoms with Crippen LogP contribution in [0.4, 0.5) is 5.82 Å². The second kappa shape index (κ2) is 6.29. The lowest BCUT2D eigenvalue weighted by Gasteiger charge is -2.18. The molecule has 18 heavy (non-hydrogen) atoms. The molecular weight excluding hydrogens is 295 g/mol. The van der Waals surface area contributed by atoms with Crippen LogP contribution >= 0.6 is 34.8 Å². The van der Waals surface area contributed by atoms with Crippen molar-refractivity contribution < 1.29 is 5.11 Å². The largest absolute Gasteiger partial charge is 0.396 e. The first-order valence-electron chi connectivity index (χ1n) is 5.98. The molecule has 1 aromatic rings. The van der Waals surface area contributed by atoms with Gasteiger partial charge in [0.25, 0.3) is 0 Å². The predicted octanol–water partition coefficient (Wildman–Crippen LogP) is 3.86. The van der Waals surface area contributed by atoms with Crippen LogP contribution in [-0.2, 0) is 0 Å². The third-order valence-corrected chi connectivity index (χ3v) is 4.43. The maximum Gasteiger partial charge on any atom is 0.150 e. The van der Waals surface area contributed by atoms with Gasteiger partial charge < -0.3 is 10.4 Å². The van der Waals surface area contributed by atoms with E-state index in [0.717, 1.165) is 19.4 Å². The number of halogens is 3. The van der Waals surface area contributed by atoms with Crippen molar-refractivity contribution in [2.75, 3.05) is 18.5 Å². The molecule has 0 aromatic carbocycles. The molecule has 1 aliphatic carbocycles. The van der Waals surface area contributed by atoms with Gasteiger partial charge in [0.05, 0.1) is 10.0 Å². The van der Waals surface area contributed by atoms with Gasteiger partial charge in [-0.15, -0.1) is 0 Å². The summed E-state index contributed by atoms with van der Waals surface area (Å²) in [6.07, 6.45) is 3.38. The van der Waals surface area contributed by atoms with Crippen molar-refractivity contribution in [2.45, 2.75) is 19.3 Å². The molecule has 0 amide bonds. The fraction of sp³-hybridized carbons (Fsp3) is 0.583. The highest BCUT2D eigenvalue weighted by atomic mass is 35.5. The van der Waals surface area contributed by atoms with E-state index in [0.29, 0.717) is 27.7 Å². The molecule has 3 nitrogen and oxygen atoms in total. The van der Waals surface area contributed by atoms with Gasteiger partial charge in [0, 0.05) is 13.2 Å². The maximum atomic E-state index is 9.26. The lowest BCUT2D eigenvalue weighted by molar-refractivity contribution is 0.199. The van der Waals surface area contributed by atoms with Crippen LogP contribution in [0.2, 0.25) is 15.2 Å². The van der Waals surface area contributed by atoms with Crippen molar-refractivity contribution in [1.82, 2.24) is 4.98 Å². The lowest BCUT2D eigenvalue weighted by atomic mass is 9.97. The molecule has 1 heterocycles. The highest BCUT2D eigenvalue weighted by Gasteiger charge is 2.26. The van der Waals surface area contributed by atoms with Crippen LogP contribution in [0.1, 0.15) is 19.3 Å². The lowest BCUT2D eigenvalue weighted by Crippen LogP contribution is -2.21. The highest BCUT2D eigenvalue weighted by molar-refractivity contribution is 6.42. The molecule has 2 rings (SSSR count). The van der Waals surface area contributed by atoms with Gasteiger partial charge in [-0.2, -0.15) is 0 Å². The van der Waals surface area contributed by atoms with Crippen LogP contribution in [0.3, 0.4) is 0 Å². The molecular formula is C12H15Cl3N2O. The first kappa shape index (κ1) is 14.2. The van der Waals surface area contributed by atoms with Gasteiger partial charge in [-0.05, 0) is 30.7 Å². The van der Waals surface area contributed by atoms with E-state index in [1.807, 2.05) is 0 Å². The van der Waals surface area contributed by atoms with Crippen molar-refractivity contribution in [3.8, 4) is 0 Å². The van der Waals surface area contributed by atoms with Gasteiger partial charge >= 0.3 is 0 Å². The number of hydrogen-bond donors (Lipinski definition) is 2. The Hall–Kier alpha value is -0.220. The average molecular weight is 310 g/mol. The normalized spacial score (nSPS) is 23.3. The predicted molar refractivity (Wildman–Crippen MR) is 75.7 cm³/mol. The van der Waals surface area contributed by atoms with E-state index in [4.69, 9.17) is 34.8 Å². The molecule has 0 aliphatic heterocycles. The molecule has 0 spiro atoms. The van der Waals surface area contributed by atoms with E-state index >= 15 is 0 Å². The van der Waals surface area contributed by atoms with Gasteiger partial charge in [-0.3, -0.25) is 0 Å². The second-order valence-corrected chi connectivity index (χ2v) is 5.78. The topological polar surface area (TPSA) is 45.1 Å². The number of nitrogens with one attached hydrogen (secondary N) is 1. The summed E-state index contributed by atoms with van der Waals surface area (Å²) in [5, 5.41) is 13.5. The Morgan fingerprint density at radius 3 is 2.67 bits per heavy atom. The van der Waals surface area contributed by atoms with E-state index in [-0.39, 0.29) is 11.8 Å². The number of aliphatic hydroxyl groups is 1. The Labute approximate surface area is 121 Å². The molecule has 1 aromatic heterocycles. The fourth-order valence-electron chi connectivity index (χ4n) is 2.42. The average Bonchev–Trinajstić information content (AvgIpc) is 2.79. The van der Waals surface area contributed by atoms with Crippen molar-refractivity contribution >= 4 is 40.6 Å². The zero-order chi connectivity index (χ0) is 13.1.